The van der Waals surface area contributed by atoms with Gasteiger partial charge < -0.3 is 10.6 Å². The van der Waals surface area contributed by atoms with E-state index in [1.165, 1.54) is 0 Å². The van der Waals surface area contributed by atoms with Crippen molar-refractivity contribution in [2.24, 2.45) is 0 Å². The molecule has 1 aromatic heterocycles. The Kier molecular flexibility index (Phi) is 6.54. The third-order valence-corrected chi connectivity index (χ3v) is 3.53. The quantitative estimate of drug-likeness (QED) is 0.782. The Morgan fingerprint density at radius 1 is 1.12 bits per heavy atom. The van der Waals surface area contributed by atoms with Crippen LogP contribution in [0.4, 0.5) is 5.69 Å². The molecule has 1 aromatic carbocycles. The Hall–Kier alpha value is -2.63. The maximum absolute atomic E-state index is 11.9. The monoisotopic (exact) mass is 328 g/mol. The van der Waals surface area contributed by atoms with E-state index in [0.717, 1.165) is 23.2 Å². The van der Waals surface area contributed by atoms with Crippen molar-refractivity contribution in [1.82, 2.24) is 15.1 Å². The van der Waals surface area contributed by atoms with Crippen molar-refractivity contribution in [2.45, 2.75) is 46.2 Å². The molecule has 0 radical (unpaired) electrons. The molecule has 0 saturated carbocycles. The Morgan fingerprint density at radius 2 is 1.88 bits per heavy atom. The number of benzene rings is 1. The fourth-order valence-electron chi connectivity index (χ4n) is 2.25. The van der Waals surface area contributed by atoms with Gasteiger partial charge >= 0.3 is 0 Å². The zero-order valence-corrected chi connectivity index (χ0v) is 14.2. The summed E-state index contributed by atoms with van der Waals surface area (Å²) in [5.74, 6) is 0.0101. The average Bonchev–Trinajstić information content (AvgIpc) is 2.98. The molecular weight excluding hydrogens is 304 g/mol. The Labute approximate surface area is 142 Å². The van der Waals surface area contributed by atoms with E-state index in [1.54, 1.807) is 10.9 Å². The molecule has 6 heteroatoms. The highest BCUT2D eigenvalue weighted by Crippen LogP contribution is 2.10. The molecule has 2 rings (SSSR count). The van der Waals surface area contributed by atoms with E-state index >= 15 is 0 Å². The summed E-state index contributed by atoms with van der Waals surface area (Å²) >= 11 is 0. The molecule has 0 spiro atoms. The number of anilines is 1. The van der Waals surface area contributed by atoms with E-state index in [-0.39, 0.29) is 11.8 Å². The largest absolute Gasteiger partial charge is 0.352 e. The summed E-state index contributed by atoms with van der Waals surface area (Å²) < 4.78 is 1.77. The van der Waals surface area contributed by atoms with Crippen molar-refractivity contribution in [3.05, 3.63) is 47.8 Å². The lowest BCUT2D eigenvalue weighted by Crippen LogP contribution is -2.24. The van der Waals surface area contributed by atoms with Gasteiger partial charge in [0.2, 0.25) is 11.8 Å². The number of nitrogens with one attached hydrogen (secondary N) is 2. The maximum Gasteiger partial charge on any atom is 0.224 e. The van der Waals surface area contributed by atoms with Gasteiger partial charge in [-0.2, -0.15) is 5.10 Å². The number of aryl methyl sites for hydroxylation is 2. The first-order chi connectivity index (χ1) is 11.6. The lowest BCUT2D eigenvalue weighted by molar-refractivity contribution is -0.121. The van der Waals surface area contributed by atoms with Crippen molar-refractivity contribution < 1.29 is 9.59 Å². The predicted octanol–water partition coefficient (Wildman–Crippen LogP) is 2.64. The number of aromatic nitrogens is 2. The third-order valence-electron chi connectivity index (χ3n) is 3.53. The lowest BCUT2D eigenvalue weighted by atomic mass is 10.2. The van der Waals surface area contributed by atoms with Gasteiger partial charge in [-0.25, -0.2) is 0 Å². The van der Waals surface area contributed by atoms with E-state index < -0.39 is 0 Å². The molecule has 1 heterocycles. The molecule has 0 atom stereocenters. The molecule has 128 valence electrons. The number of carbonyl (C=O) groups is 2. The molecule has 0 aliphatic rings. The number of hydrogen-bond acceptors (Lipinski definition) is 3. The molecule has 0 unspecified atom stereocenters. The van der Waals surface area contributed by atoms with Gasteiger partial charge in [-0.15, -0.1) is 0 Å². The summed E-state index contributed by atoms with van der Waals surface area (Å²) in [6.45, 7) is 4.99. The number of rotatable bonds is 8. The van der Waals surface area contributed by atoms with E-state index in [4.69, 9.17) is 0 Å². The smallest absolute Gasteiger partial charge is 0.224 e. The molecule has 2 N–H and O–H groups in total. The standard InChI is InChI=1S/C18H24N4O2/c1-3-4-18(24)21-16-7-5-15(6-8-16)12-19-17(23)9-10-22-13-14(2)11-20-22/h5-8,11,13H,3-4,9-10,12H2,1-2H3,(H,19,23)(H,21,24). The molecule has 2 aromatic rings. The first-order valence-corrected chi connectivity index (χ1v) is 8.21. The molecule has 0 fully saturated rings. The van der Waals surface area contributed by atoms with Crippen LogP contribution in [0.1, 0.15) is 37.3 Å². The second-order valence-corrected chi connectivity index (χ2v) is 5.80. The summed E-state index contributed by atoms with van der Waals surface area (Å²) in [7, 11) is 0. The fraction of sp³-hybridized carbons (Fsp3) is 0.389. The first-order valence-electron chi connectivity index (χ1n) is 8.21. The van der Waals surface area contributed by atoms with Gasteiger partial charge in [0.25, 0.3) is 0 Å². The molecule has 6 nitrogen and oxygen atoms in total. The molecule has 2 amide bonds. The van der Waals surface area contributed by atoms with Crippen molar-refractivity contribution >= 4 is 17.5 Å². The van der Waals surface area contributed by atoms with Gasteiger partial charge in [0.1, 0.15) is 0 Å². The van der Waals surface area contributed by atoms with Gasteiger partial charge in [-0.05, 0) is 36.6 Å². The van der Waals surface area contributed by atoms with Gasteiger partial charge in [0.15, 0.2) is 0 Å². The second kappa shape index (κ2) is 8.86. The van der Waals surface area contributed by atoms with E-state index in [1.807, 2.05) is 44.3 Å². The van der Waals surface area contributed by atoms with Crippen LogP contribution in [0.25, 0.3) is 0 Å². The van der Waals surface area contributed by atoms with Gasteiger partial charge in [0, 0.05) is 37.8 Å². The van der Waals surface area contributed by atoms with Crippen LogP contribution < -0.4 is 10.6 Å². The zero-order chi connectivity index (χ0) is 17.4. The minimum absolute atomic E-state index is 0.0107. The zero-order valence-electron chi connectivity index (χ0n) is 14.2. The van der Waals surface area contributed by atoms with Gasteiger partial charge in [0.05, 0.1) is 6.20 Å². The number of amides is 2. The minimum Gasteiger partial charge on any atom is -0.352 e. The normalized spacial score (nSPS) is 10.4. The average molecular weight is 328 g/mol. The molecule has 0 saturated heterocycles. The number of carbonyl (C=O) groups excluding carboxylic acids is 2. The highest BCUT2D eigenvalue weighted by Gasteiger charge is 2.04. The molecular formula is C18H24N4O2. The second-order valence-electron chi connectivity index (χ2n) is 5.80. The first kappa shape index (κ1) is 17.7. The maximum atomic E-state index is 11.9. The molecule has 24 heavy (non-hydrogen) atoms. The van der Waals surface area contributed by atoms with Crippen LogP contribution in [0, 0.1) is 6.92 Å². The Balaban J connectivity index is 1.73. The van der Waals surface area contributed by atoms with E-state index in [0.29, 0.717) is 25.9 Å². The van der Waals surface area contributed by atoms with Crippen LogP contribution in [0.5, 0.6) is 0 Å². The van der Waals surface area contributed by atoms with Crippen LogP contribution in [-0.2, 0) is 22.7 Å². The van der Waals surface area contributed by atoms with Crippen molar-refractivity contribution in [3.63, 3.8) is 0 Å². The summed E-state index contributed by atoms with van der Waals surface area (Å²) in [4.78, 5) is 23.4. The minimum atomic E-state index is -0.0107. The van der Waals surface area contributed by atoms with E-state index in [9.17, 15) is 9.59 Å². The van der Waals surface area contributed by atoms with Crippen LogP contribution in [0.15, 0.2) is 36.7 Å². The summed E-state index contributed by atoms with van der Waals surface area (Å²) in [6, 6.07) is 7.50. The summed E-state index contributed by atoms with van der Waals surface area (Å²) in [6.07, 6.45) is 5.44. The van der Waals surface area contributed by atoms with E-state index in [2.05, 4.69) is 15.7 Å². The molecule has 0 bridgehead atoms. The Bertz CT molecular complexity index is 677. The van der Waals surface area contributed by atoms with Crippen molar-refractivity contribution in [2.75, 3.05) is 5.32 Å². The van der Waals surface area contributed by atoms with Crippen molar-refractivity contribution in [1.29, 1.82) is 0 Å². The van der Waals surface area contributed by atoms with Gasteiger partial charge in [-0.3, -0.25) is 14.3 Å². The summed E-state index contributed by atoms with van der Waals surface area (Å²) in [5.41, 5.74) is 2.85. The number of nitrogens with zero attached hydrogens (tertiary/aromatic N) is 2. The van der Waals surface area contributed by atoms with Crippen LogP contribution in [0.2, 0.25) is 0 Å². The predicted molar refractivity (Wildman–Crippen MR) is 93.4 cm³/mol. The lowest BCUT2D eigenvalue weighted by Gasteiger charge is -2.08. The number of hydrogen-bond donors (Lipinski definition) is 2. The molecule has 0 aliphatic carbocycles. The molecule has 0 aliphatic heterocycles. The highest BCUT2D eigenvalue weighted by molar-refractivity contribution is 5.90. The highest BCUT2D eigenvalue weighted by atomic mass is 16.2. The van der Waals surface area contributed by atoms with Crippen LogP contribution in [-0.4, -0.2) is 21.6 Å². The SMILES string of the molecule is CCCC(=O)Nc1ccc(CNC(=O)CCn2cc(C)cn2)cc1. The summed E-state index contributed by atoms with van der Waals surface area (Å²) in [5, 5.41) is 9.88. The van der Waals surface area contributed by atoms with Crippen LogP contribution >= 0.6 is 0 Å². The van der Waals surface area contributed by atoms with Crippen molar-refractivity contribution in [3.8, 4) is 0 Å². The third kappa shape index (κ3) is 5.87. The Morgan fingerprint density at radius 3 is 2.50 bits per heavy atom. The van der Waals surface area contributed by atoms with Gasteiger partial charge in [-0.1, -0.05) is 19.1 Å². The topological polar surface area (TPSA) is 76.0 Å². The van der Waals surface area contributed by atoms with Crippen LogP contribution in [0.3, 0.4) is 0 Å². The fourth-order valence-corrected chi connectivity index (χ4v) is 2.25.